The highest BCUT2D eigenvalue weighted by molar-refractivity contribution is 6.30. The van der Waals surface area contributed by atoms with E-state index < -0.39 is 23.7 Å². The van der Waals surface area contributed by atoms with Gasteiger partial charge < -0.3 is 10.1 Å². The van der Waals surface area contributed by atoms with Gasteiger partial charge in [0.05, 0.1) is 30.0 Å². The zero-order valence-corrected chi connectivity index (χ0v) is 19.8. The van der Waals surface area contributed by atoms with Gasteiger partial charge in [0, 0.05) is 16.6 Å². The Bertz CT molecular complexity index is 1280. The Hall–Kier alpha value is -3.85. The average molecular weight is 516 g/mol. The van der Waals surface area contributed by atoms with Crippen LogP contribution in [0, 0.1) is 0 Å². The van der Waals surface area contributed by atoms with Crippen molar-refractivity contribution in [3.63, 3.8) is 0 Å². The minimum atomic E-state index is -4.47. The lowest BCUT2D eigenvalue weighted by molar-refractivity contribution is -0.137. The smallest absolute Gasteiger partial charge is 0.416 e. The zero-order valence-electron chi connectivity index (χ0n) is 19.1. The minimum absolute atomic E-state index is 0.184. The largest absolute Gasteiger partial charge is 0.462 e. The fraction of sp³-hybridized carbons (Fsp3) is 0.192. The van der Waals surface area contributed by atoms with Gasteiger partial charge in [-0.15, -0.1) is 0 Å². The first-order valence-corrected chi connectivity index (χ1v) is 11.4. The third kappa shape index (κ3) is 5.68. The molecule has 1 aliphatic heterocycles. The summed E-state index contributed by atoms with van der Waals surface area (Å²) in [4.78, 5) is 24.9. The molecule has 0 aliphatic carbocycles. The molecule has 2 amide bonds. The minimum Gasteiger partial charge on any atom is -0.462 e. The maximum absolute atomic E-state index is 12.9. The Balaban J connectivity index is 1.58. The van der Waals surface area contributed by atoms with Gasteiger partial charge in [0.25, 0.3) is 0 Å². The topological polar surface area (TPSA) is 71.0 Å². The molecule has 3 aromatic carbocycles. The van der Waals surface area contributed by atoms with Crippen LogP contribution in [0.25, 0.3) is 0 Å². The fourth-order valence-corrected chi connectivity index (χ4v) is 3.89. The standard InChI is InChI=1S/C26H21ClF3N3O3/c1-2-36-24(34)18-5-3-16(4-6-18)22-15-33(32-23(22)17-7-11-20(27)12-8-17)25(35)31-21-13-9-19(10-14-21)26(28,29)30/h3-14,22H,2,15H2,1H3,(H,31,35). The van der Waals surface area contributed by atoms with E-state index in [2.05, 4.69) is 10.4 Å². The van der Waals surface area contributed by atoms with E-state index in [4.69, 9.17) is 16.3 Å². The van der Waals surface area contributed by atoms with Crippen LogP contribution in [0.4, 0.5) is 23.7 Å². The number of halogens is 4. The summed E-state index contributed by atoms with van der Waals surface area (Å²) in [5.41, 5.74) is 1.98. The predicted octanol–water partition coefficient (Wildman–Crippen LogP) is 6.57. The van der Waals surface area contributed by atoms with Crippen molar-refractivity contribution in [2.75, 3.05) is 18.5 Å². The van der Waals surface area contributed by atoms with Crippen molar-refractivity contribution in [1.82, 2.24) is 5.01 Å². The van der Waals surface area contributed by atoms with Crippen molar-refractivity contribution in [3.8, 4) is 0 Å². The number of esters is 1. The Morgan fingerprint density at radius 2 is 1.67 bits per heavy atom. The van der Waals surface area contributed by atoms with Crippen LogP contribution < -0.4 is 5.32 Å². The highest BCUT2D eigenvalue weighted by Crippen LogP contribution is 2.32. The van der Waals surface area contributed by atoms with E-state index in [9.17, 15) is 22.8 Å². The molecule has 1 unspecified atom stereocenters. The second-order valence-electron chi connectivity index (χ2n) is 7.97. The molecule has 4 rings (SSSR count). The molecule has 0 fully saturated rings. The molecular weight excluding hydrogens is 495 g/mol. The summed E-state index contributed by atoms with van der Waals surface area (Å²) in [6.45, 7) is 2.17. The summed E-state index contributed by atoms with van der Waals surface area (Å²) in [7, 11) is 0. The predicted molar refractivity (Wildman–Crippen MR) is 130 cm³/mol. The third-order valence-corrected chi connectivity index (χ3v) is 5.83. The molecule has 0 bridgehead atoms. The number of hydrazone groups is 1. The Morgan fingerprint density at radius 1 is 1.03 bits per heavy atom. The first-order chi connectivity index (χ1) is 17.2. The Kier molecular flexibility index (Phi) is 7.30. The molecule has 10 heteroatoms. The lowest BCUT2D eigenvalue weighted by Gasteiger charge is -2.16. The van der Waals surface area contributed by atoms with Gasteiger partial charge in [-0.05, 0) is 66.6 Å². The normalized spacial score (nSPS) is 15.4. The Morgan fingerprint density at radius 3 is 2.25 bits per heavy atom. The van der Waals surface area contributed by atoms with Crippen molar-refractivity contribution >= 4 is 35.0 Å². The number of alkyl halides is 3. The van der Waals surface area contributed by atoms with E-state index in [0.29, 0.717) is 16.3 Å². The highest BCUT2D eigenvalue weighted by atomic mass is 35.5. The number of rotatable bonds is 5. The molecule has 1 atom stereocenters. The number of amides is 2. The first-order valence-electron chi connectivity index (χ1n) is 11.0. The fourth-order valence-electron chi connectivity index (χ4n) is 3.77. The average Bonchev–Trinajstić information content (AvgIpc) is 3.30. The summed E-state index contributed by atoms with van der Waals surface area (Å²) in [6.07, 6.45) is -4.47. The number of ether oxygens (including phenoxy) is 1. The van der Waals surface area contributed by atoms with Crippen LogP contribution in [-0.4, -0.2) is 35.9 Å². The van der Waals surface area contributed by atoms with Crippen LogP contribution in [0.15, 0.2) is 77.9 Å². The molecular formula is C26H21ClF3N3O3. The molecule has 1 N–H and O–H groups in total. The first kappa shape index (κ1) is 25.2. The van der Waals surface area contributed by atoms with Gasteiger partial charge in [0.15, 0.2) is 0 Å². The second kappa shape index (κ2) is 10.4. The van der Waals surface area contributed by atoms with Crippen LogP contribution >= 0.6 is 11.6 Å². The van der Waals surface area contributed by atoms with Crippen molar-refractivity contribution in [1.29, 1.82) is 0 Å². The molecule has 6 nitrogen and oxygen atoms in total. The van der Waals surface area contributed by atoms with E-state index >= 15 is 0 Å². The zero-order chi connectivity index (χ0) is 25.9. The van der Waals surface area contributed by atoms with E-state index in [1.807, 2.05) is 0 Å². The SMILES string of the molecule is CCOC(=O)c1ccc(C2CN(C(=O)Nc3ccc(C(F)(F)F)cc3)N=C2c2ccc(Cl)cc2)cc1. The number of urea groups is 1. The maximum Gasteiger partial charge on any atom is 0.416 e. The summed E-state index contributed by atoms with van der Waals surface area (Å²) < 4.78 is 43.5. The number of benzene rings is 3. The van der Waals surface area contributed by atoms with Gasteiger partial charge in [-0.3, -0.25) is 0 Å². The summed E-state index contributed by atoms with van der Waals surface area (Å²) >= 11 is 6.02. The number of carbonyl (C=O) groups excluding carboxylic acids is 2. The summed E-state index contributed by atoms with van der Waals surface area (Å²) in [5.74, 6) is -0.750. The van der Waals surface area contributed by atoms with Crippen LogP contribution in [-0.2, 0) is 10.9 Å². The number of carbonyl (C=O) groups is 2. The molecule has 0 radical (unpaired) electrons. The van der Waals surface area contributed by atoms with Gasteiger partial charge in [-0.1, -0.05) is 35.9 Å². The highest BCUT2D eigenvalue weighted by Gasteiger charge is 2.33. The molecule has 1 aliphatic rings. The molecule has 0 saturated heterocycles. The molecule has 36 heavy (non-hydrogen) atoms. The maximum atomic E-state index is 12.9. The summed E-state index contributed by atoms with van der Waals surface area (Å²) in [5, 5.41) is 8.87. The summed E-state index contributed by atoms with van der Waals surface area (Å²) in [6, 6.07) is 17.4. The number of nitrogens with one attached hydrogen (secondary N) is 1. The van der Waals surface area contributed by atoms with Gasteiger partial charge >= 0.3 is 18.2 Å². The molecule has 186 valence electrons. The number of hydrogen-bond donors (Lipinski definition) is 1. The molecule has 0 spiro atoms. The number of anilines is 1. The third-order valence-electron chi connectivity index (χ3n) is 5.58. The van der Waals surface area contributed by atoms with Crippen LogP contribution in [0.2, 0.25) is 5.02 Å². The molecule has 1 heterocycles. The van der Waals surface area contributed by atoms with Crippen LogP contribution in [0.3, 0.4) is 0 Å². The number of nitrogens with zero attached hydrogens (tertiary/aromatic N) is 2. The van der Waals surface area contributed by atoms with Gasteiger partial charge in [0.2, 0.25) is 0 Å². The van der Waals surface area contributed by atoms with E-state index in [1.54, 1.807) is 55.5 Å². The van der Waals surface area contributed by atoms with E-state index in [-0.39, 0.29) is 24.8 Å². The van der Waals surface area contributed by atoms with Gasteiger partial charge in [0.1, 0.15) is 0 Å². The lowest BCUT2D eigenvalue weighted by Crippen LogP contribution is -2.30. The van der Waals surface area contributed by atoms with Crippen molar-refractivity contribution < 1.29 is 27.5 Å². The van der Waals surface area contributed by atoms with E-state index in [0.717, 1.165) is 23.3 Å². The van der Waals surface area contributed by atoms with Crippen molar-refractivity contribution in [2.24, 2.45) is 5.10 Å². The second-order valence-corrected chi connectivity index (χ2v) is 8.41. The van der Waals surface area contributed by atoms with Crippen LogP contribution in [0.1, 0.15) is 39.9 Å². The monoisotopic (exact) mass is 515 g/mol. The molecule has 0 saturated carbocycles. The Labute approximate surface area is 210 Å². The van der Waals surface area contributed by atoms with Crippen molar-refractivity contribution in [3.05, 3.63) is 100 Å². The molecule has 3 aromatic rings. The van der Waals surface area contributed by atoms with Gasteiger partial charge in [-0.25, -0.2) is 14.6 Å². The molecule has 0 aromatic heterocycles. The van der Waals surface area contributed by atoms with E-state index in [1.165, 1.54) is 17.1 Å². The lowest BCUT2D eigenvalue weighted by atomic mass is 9.90. The van der Waals surface area contributed by atoms with Gasteiger partial charge in [-0.2, -0.15) is 18.3 Å². The van der Waals surface area contributed by atoms with Crippen LogP contribution in [0.5, 0.6) is 0 Å². The number of hydrogen-bond acceptors (Lipinski definition) is 4. The quantitative estimate of drug-likeness (QED) is 0.391. The van der Waals surface area contributed by atoms with Crippen molar-refractivity contribution in [2.45, 2.75) is 19.0 Å².